The number of aromatic nitrogens is 2. The predicted molar refractivity (Wildman–Crippen MR) is 586 cm³/mol. The van der Waals surface area contributed by atoms with Crippen molar-refractivity contribution in [3.05, 3.63) is 497 Å². The molecule has 0 saturated carbocycles. The van der Waals surface area contributed by atoms with Crippen molar-refractivity contribution < 1.29 is 0 Å². The Labute approximate surface area is 793 Å². The van der Waals surface area contributed by atoms with Gasteiger partial charge < -0.3 is 18.9 Å². The Bertz CT molecular complexity index is 9590. The second kappa shape index (κ2) is 32.3. The Morgan fingerprint density at radius 2 is 0.426 bits per heavy atom. The number of thiophene rings is 2. The number of nitrogens with zero attached hydrogens (tertiary/aromatic N) is 4. The number of anilines is 6. The SMILES string of the molecule is c1ccc(N(c2ccc(-c3ccc4c(c3)c3cc(-c5cccc6ccccc56)ccc3n4-c3ccc(-c4ccc5c6ccccc6c6ccccc6c5c4)cc3)cc2)c2cccc3sc4ccccc4c23)cc1.c1ccc(N(c2ccc(-c3ccc4c(c3)c3ccccc3n4-c3ccc(-c4ccc5c6ccccc6c6ccccc6c5c4)cc3)cc2)c2cccc3sc4ccccc4c23)cc1. The van der Waals surface area contributed by atoms with Gasteiger partial charge in [0.05, 0.1) is 33.4 Å². The van der Waals surface area contributed by atoms with Gasteiger partial charge in [-0.3, -0.25) is 0 Å². The molecular weight excluding hydrogens is 1680 g/mol. The molecule has 0 aliphatic heterocycles. The minimum atomic E-state index is 1.11. The predicted octanol–water partition coefficient (Wildman–Crippen LogP) is 37.7. The Hall–Kier alpha value is -17.3. The molecular formula is C130H82N4S2. The summed E-state index contributed by atoms with van der Waals surface area (Å²) < 4.78 is 10.0. The van der Waals surface area contributed by atoms with Gasteiger partial charge in [0.2, 0.25) is 0 Å². The molecule has 0 aliphatic rings. The zero-order valence-electron chi connectivity index (χ0n) is 73.9. The van der Waals surface area contributed by atoms with Crippen molar-refractivity contribution in [2.24, 2.45) is 0 Å². The minimum absolute atomic E-state index is 1.11. The van der Waals surface area contributed by atoms with E-state index in [1.54, 1.807) is 0 Å². The van der Waals surface area contributed by atoms with Crippen molar-refractivity contribution in [3.63, 3.8) is 0 Å². The van der Waals surface area contributed by atoms with Crippen molar-refractivity contribution in [2.75, 3.05) is 9.80 Å². The van der Waals surface area contributed by atoms with Crippen LogP contribution in [0.4, 0.5) is 34.1 Å². The maximum atomic E-state index is 2.45. The highest BCUT2D eigenvalue weighted by Crippen LogP contribution is 2.51. The lowest BCUT2D eigenvalue weighted by atomic mass is 9.92. The molecule has 0 bridgehead atoms. The monoisotopic (exact) mass is 1760 g/mol. The maximum Gasteiger partial charge on any atom is 0.0554 e. The van der Waals surface area contributed by atoms with E-state index in [1.165, 1.54) is 226 Å². The first-order chi connectivity index (χ1) is 67.4. The Kier molecular flexibility index (Phi) is 18.7. The maximum absolute atomic E-state index is 2.45. The molecule has 0 N–H and O–H groups in total. The van der Waals surface area contributed by atoms with Crippen LogP contribution in [0.5, 0.6) is 0 Å². The van der Waals surface area contributed by atoms with Gasteiger partial charge in [-0.15, -0.1) is 22.7 Å². The molecule has 0 fully saturated rings. The molecule has 4 nitrogen and oxygen atoms in total. The van der Waals surface area contributed by atoms with Gasteiger partial charge in [-0.25, -0.2) is 0 Å². The quantitative estimate of drug-likeness (QED) is 0.107. The second-order valence-electron chi connectivity index (χ2n) is 35.6. The lowest BCUT2D eigenvalue weighted by Crippen LogP contribution is -2.10. The van der Waals surface area contributed by atoms with Crippen LogP contribution < -0.4 is 9.80 Å². The zero-order valence-corrected chi connectivity index (χ0v) is 75.6. The molecule has 0 aliphatic carbocycles. The lowest BCUT2D eigenvalue weighted by Gasteiger charge is -2.26. The van der Waals surface area contributed by atoms with Crippen LogP contribution in [0.15, 0.2) is 497 Å². The molecule has 4 heterocycles. The number of hydrogen-bond acceptors (Lipinski definition) is 4. The molecule has 0 spiro atoms. The minimum Gasteiger partial charge on any atom is -0.310 e. The van der Waals surface area contributed by atoms with E-state index in [-0.39, 0.29) is 0 Å². The first-order valence-electron chi connectivity index (χ1n) is 46.6. The number of fused-ring (bicyclic) bond motifs is 25. The third-order valence-electron chi connectivity index (χ3n) is 28.1. The van der Waals surface area contributed by atoms with Gasteiger partial charge in [-0.2, -0.15) is 0 Å². The average Bonchev–Trinajstić information content (AvgIpc) is 1.12. The fraction of sp³-hybridized carbons (Fsp3) is 0. The Morgan fingerprint density at radius 1 is 0.154 bits per heavy atom. The van der Waals surface area contributed by atoms with E-state index in [0.717, 1.165) is 34.1 Å². The highest BCUT2D eigenvalue weighted by molar-refractivity contribution is 7.26. The summed E-state index contributed by atoms with van der Waals surface area (Å²) in [5.41, 5.74) is 25.9. The molecule has 28 aromatic rings. The summed E-state index contributed by atoms with van der Waals surface area (Å²) in [5.74, 6) is 0. The van der Waals surface area contributed by atoms with Crippen molar-refractivity contribution in [1.29, 1.82) is 0 Å². The molecule has 0 amide bonds. The van der Waals surface area contributed by atoms with Crippen LogP contribution in [0.1, 0.15) is 0 Å². The van der Waals surface area contributed by atoms with Crippen LogP contribution in [0.25, 0.3) is 226 Å². The van der Waals surface area contributed by atoms with E-state index in [0.29, 0.717) is 0 Å². The topological polar surface area (TPSA) is 16.3 Å². The summed E-state index contributed by atoms with van der Waals surface area (Å²) in [6.45, 7) is 0. The summed E-state index contributed by atoms with van der Waals surface area (Å²) in [7, 11) is 0. The first-order valence-corrected chi connectivity index (χ1v) is 48.3. The zero-order chi connectivity index (χ0) is 89.4. The fourth-order valence-corrected chi connectivity index (χ4v) is 24.1. The Balaban J connectivity index is 0.000000139. The van der Waals surface area contributed by atoms with E-state index in [1.807, 2.05) is 22.7 Å². The molecule has 0 unspecified atom stereocenters. The summed E-state index contributed by atoms with van der Waals surface area (Å²) in [6, 6.07) is 183. The van der Waals surface area contributed by atoms with Crippen molar-refractivity contribution in [3.8, 4) is 67.0 Å². The fourth-order valence-electron chi connectivity index (χ4n) is 21.8. The molecule has 6 heteroatoms. The van der Waals surface area contributed by atoms with Crippen molar-refractivity contribution in [2.45, 2.75) is 0 Å². The molecule has 28 rings (SSSR count). The van der Waals surface area contributed by atoms with Crippen molar-refractivity contribution >= 4 is 216 Å². The second-order valence-corrected chi connectivity index (χ2v) is 37.8. The molecule has 24 aromatic carbocycles. The van der Waals surface area contributed by atoms with E-state index >= 15 is 0 Å². The van der Waals surface area contributed by atoms with Crippen LogP contribution in [0, 0.1) is 0 Å². The number of rotatable bonds is 13. The third kappa shape index (κ3) is 13.1. The van der Waals surface area contributed by atoms with Gasteiger partial charge in [0, 0.05) is 96.0 Å². The van der Waals surface area contributed by atoms with Crippen LogP contribution in [0.3, 0.4) is 0 Å². The van der Waals surface area contributed by atoms with Crippen LogP contribution in [-0.2, 0) is 0 Å². The van der Waals surface area contributed by atoms with Gasteiger partial charge in [0.1, 0.15) is 0 Å². The van der Waals surface area contributed by atoms with E-state index in [2.05, 4.69) is 516 Å². The standard InChI is InChI=1S/C70H44N2S.C60H38N2S/c1-2-16-51(17-3-1)71(67-25-13-27-69-70(67)61-23-10-11-26-68(61)73-69)52-35-28-46(29-36-52)49-33-40-65-63(43-49)64-44-50(55-24-12-15-47-14-4-5-18-54(47)55)34-41-66(64)72(65)53-37-30-45(31-38-53)48-32-39-60-58-21-7-6-19-56(58)57-20-8-9-22-59(57)62(60)42-48;1-2-13-43(14-3-1)61(57-22-12-24-59-60(57)52-20-9-11-23-58(52)63-59)44-31-25-40(26-32-44)42-30-36-56-54(38-42)51-19-8-10-21-55(51)62(56)45-33-27-39(28-34-45)41-29-35-50-48-17-5-4-15-46(48)47-16-6-7-18-49(47)53(50)37-41/h1-44H;1-38H. The molecule has 0 saturated heterocycles. The number of hydrogen-bond donors (Lipinski definition) is 0. The Morgan fingerprint density at radius 3 is 0.853 bits per heavy atom. The summed E-state index contributed by atoms with van der Waals surface area (Å²) >= 11 is 3.71. The van der Waals surface area contributed by atoms with Gasteiger partial charge in [0.15, 0.2) is 0 Å². The average molecular weight is 1760 g/mol. The van der Waals surface area contributed by atoms with Crippen LogP contribution in [-0.4, -0.2) is 9.13 Å². The van der Waals surface area contributed by atoms with Gasteiger partial charge in [-0.1, -0.05) is 334 Å². The van der Waals surface area contributed by atoms with E-state index < -0.39 is 0 Å². The molecule has 0 atom stereocenters. The number of para-hydroxylation sites is 3. The first kappa shape index (κ1) is 78.6. The van der Waals surface area contributed by atoms with Gasteiger partial charge in [0.25, 0.3) is 0 Å². The largest absolute Gasteiger partial charge is 0.310 e. The van der Waals surface area contributed by atoms with Gasteiger partial charge >= 0.3 is 0 Å². The molecule has 136 heavy (non-hydrogen) atoms. The summed E-state index contributed by atoms with van der Waals surface area (Å²) in [6.07, 6.45) is 0. The molecule has 0 radical (unpaired) electrons. The normalized spacial score (nSPS) is 11.8. The summed E-state index contributed by atoms with van der Waals surface area (Å²) in [4.78, 5) is 4.81. The van der Waals surface area contributed by atoms with Crippen LogP contribution >= 0.6 is 22.7 Å². The highest BCUT2D eigenvalue weighted by atomic mass is 32.1. The lowest BCUT2D eigenvalue weighted by molar-refractivity contribution is 1.18. The summed E-state index contributed by atoms with van der Waals surface area (Å²) in [5, 5.41) is 28.1. The van der Waals surface area contributed by atoms with Crippen molar-refractivity contribution in [1.82, 2.24) is 9.13 Å². The highest BCUT2D eigenvalue weighted by Gasteiger charge is 2.25. The smallest absolute Gasteiger partial charge is 0.0554 e. The van der Waals surface area contributed by atoms with E-state index in [4.69, 9.17) is 0 Å². The number of benzene rings is 24. The third-order valence-corrected chi connectivity index (χ3v) is 30.4. The van der Waals surface area contributed by atoms with Crippen LogP contribution in [0.2, 0.25) is 0 Å². The van der Waals surface area contributed by atoms with E-state index in [9.17, 15) is 0 Å². The molecule has 4 aromatic heterocycles. The molecule has 634 valence electrons. The van der Waals surface area contributed by atoms with Gasteiger partial charge in [-0.05, 0) is 295 Å².